The van der Waals surface area contributed by atoms with E-state index in [1.54, 1.807) is 0 Å². The first-order valence-electron chi connectivity index (χ1n) is 5.26. The fourth-order valence-electron chi connectivity index (χ4n) is 2.13. The van der Waals surface area contributed by atoms with Crippen LogP contribution in [0.2, 0.25) is 0 Å². The van der Waals surface area contributed by atoms with E-state index < -0.39 is 27.3 Å². The fraction of sp³-hybridized carbons (Fsp3) is 0.900. The fourth-order valence-corrected chi connectivity index (χ4v) is 4.01. The molecule has 0 aliphatic carbocycles. The highest BCUT2D eigenvalue weighted by molar-refractivity contribution is 7.91. The van der Waals surface area contributed by atoms with E-state index in [1.165, 1.54) is 13.8 Å². The minimum Gasteiger partial charge on any atom is -0.481 e. The lowest BCUT2D eigenvalue weighted by Gasteiger charge is -2.25. The Labute approximate surface area is 95.4 Å². The summed E-state index contributed by atoms with van der Waals surface area (Å²) in [6.07, 6.45) is 0.470. The summed E-state index contributed by atoms with van der Waals surface area (Å²) < 4.78 is 22.6. The van der Waals surface area contributed by atoms with Crippen LogP contribution in [0.4, 0.5) is 0 Å². The molecule has 0 bridgehead atoms. The van der Waals surface area contributed by atoms with E-state index in [0.29, 0.717) is 6.42 Å². The molecule has 0 amide bonds. The number of rotatable bonds is 4. The van der Waals surface area contributed by atoms with Crippen LogP contribution in [0.1, 0.15) is 26.7 Å². The Balaban J connectivity index is 2.77. The molecule has 1 heterocycles. The lowest BCUT2D eigenvalue weighted by atomic mass is 9.83. The highest BCUT2D eigenvalue weighted by atomic mass is 32.2. The molecular formula is C10H18O5S. The van der Waals surface area contributed by atoms with Gasteiger partial charge in [0.05, 0.1) is 23.0 Å². The molecule has 1 saturated heterocycles. The standard InChI is InChI=1S/C10H18O5S/c1-10(2,13)5-8(9(11)12)7-3-4-16(14,15)6-7/h7-8,13H,3-6H2,1-2H3,(H,11,12). The molecule has 0 saturated carbocycles. The van der Waals surface area contributed by atoms with Gasteiger partial charge in [0.25, 0.3) is 0 Å². The summed E-state index contributed by atoms with van der Waals surface area (Å²) in [4.78, 5) is 11.1. The molecule has 2 N–H and O–H groups in total. The first-order valence-corrected chi connectivity index (χ1v) is 7.08. The maximum Gasteiger partial charge on any atom is 0.306 e. The van der Waals surface area contributed by atoms with Crippen LogP contribution in [-0.2, 0) is 14.6 Å². The highest BCUT2D eigenvalue weighted by Gasteiger charge is 2.39. The van der Waals surface area contributed by atoms with Crippen LogP contribution >= 0.6 is 0 Å². The predicted molar refractivity (Wildman–Crippen MR) is 58.8 cm³/mol. The number of carbonyl (C=O) groups is 1. The SMILES string of the molecule is CC(C)(O)CC(C(=O)O)C1CCS(=O)(=O)C1. The van der Waals surface area contributed by atoms with Crippen molar-refractivity contribution in [2.45, 2.75) is 32.3 Å². The van der Waals surface area contributed by atoms with Gasteiger partial charge >= 0.3 is 5.97 Å². The maximum absolute atomic E-state index is 11.3. The first kappa shape index (κ1) is 13.4. The normalized spacial score (nSPS) is 26.6. The number of sulfone groups is 1. The first-order chi connectivity index (χ1) is 7.11. The number of hydrogen-bond acceptors (Lipinski definition) is 4. The topological polar surface area (TPSA) is 91.7 Å². The third-order valence-corrected chi connectivity index (χ3v) is 4.67. The van der Waals surface area contributed by atoms with Gasteiger partial charge in [0.15, 0.2) is 9.84 Å². The summed E-state index contributed by atoms with van der Waals surface area (Å²) in [5.41, 5.74) is -1.09. The summed E-state index contributed by atoms with van der Waals surface area (Å²) >= 11 is 0. The molecule has 1 aliphatic rings. The van der Waals surface area contributed by atoms with Crippen LogP contribution in [0, 0.1) is 11.8 Å². The van der Waals surface area contributed by atoms with Gasteiger partial charge in [0.2, 0.25) is 0 Å². The minimum atomic E-state index is -3.07. The molecule has 1 fully saturated rings. The van der Waals surface area contributed by atoms with E-state index in [0.717, 1.165) is 0 Å². The monoisotopic (exact) mass is 250 g/mol. The van der Waals surface area contributed by atoms with Gasteiger partial charge in [-0.3, -0.25) is 4.79 Å². The van der Waals surface area contributed by atoms with Crippen molar-refractivity contribution in [2.24, 2.45) is 11.8 Å². The van der Waals surface area contributed by atoms with Gasteiger partial charge in [-0.2, -0.15) is 0 Å². The molecular weight excluding hydrogens is 232 g/mol. The molecule has 0 spiro atoms. The Morgan fingerprint density at radius 3 is 2.38 bits per heavy atom. The second-order valence-corrected chi connectivity index (χ2v) is 7.35. The average molecular weight is 250 g/mol. The summed E-state index contributed by atoms with van der Waals surface area (Å²) in [5.74, 6) is -2.18. The van der Waals surface area contributed by atoms with Crippen molar-refractivity contribution >= 4 is 15.8 Å². The van der Waals surface area contributed by atoms with Gasteiger partial charge in [-0.15, -0.1) is 0 Å². The van der Waals surface area contributed by atoms with Crippen molar-refractivity contribution in [1.29, 1.82) is 0 Å². The quantitative estimate of drug-likeness (QED) is 0.748. The van der Waals surface area contributed by atoms with Gasteiger partial charge in [0, 0.05) is 0 Å². The number of aliphatic hydroxyl groups is 1. The smallest absolute Gasteiger partial charge is 0.306 e. The number of carboxylic acid groups (broad SMARTS) is 1. The van der Waals surface area contributed by atoms with Crippen LogP contribution < -0.4 is 0 Å². The van der Waals surface area contributed by atoms with E-state index in [-0.39, 0.29) is 23.8 Å². The van der Waals surface area contributed by atoms with E-state index >= 15 is 0 Å². The van der Waals surface area contributed by atoms with Crippen LogP contribution in [0.3, 0.4) is 0 Å². The van der Waals surface area contributed by atoms with Crippen molar-refractivity contribution in [1.82, 2.24) is 0 Å². The Morgan fingerprint density at radius 2 is 2.06 bits per heavy atom. The average Bonchev–Trinajstić information content (AvgIpc) is 2.39. The number of carboxylic acids is 1. The van der Waals surface area contributed by atoms with E-state index in [2.05, 4.69) is 0 Å². The Morgan fingerprint density at radius 1 is 1.50 bits per heavy atom. The zero-order valence-corrected chi connectivity index (χ0v) is 10.3. The Kier molecular flexibility index (Phi) is 3.64. The molecule has 0 radical (unpaired) electrons. The zero-order chi connectivity index (χ0) is 12.6. The Bertz CT molecular complexity index is 365. The second kappa shape index (κ2) is 4.33. The third-order valence-electron chi connectivity index (χ3n) is 2.87. The lowest BCUT2D eigenvalue weighted by Crippen LogP contribution is -2.33. The van der Waals surface area contributed by atoms with Crippen LogP contribution in [0.15, 0.2) is 0 Å². The van der Waals surface area contributed by atoms with Gasteiger partial charge < -0.3 is 10.2 Å². The lowest BCUT2D eigenvalue weighted by molar-refractivity contribution is -0.145. The Hall–Kier alpha value is -0.620. The van der Waals surface area contributed by atoms with Crippen molar-refractivity contribution in [3.63, 3.8) is 0 Å². The summed E-state index contributed by atoms with van der Waals surface area (Å²) in [7, 11) is -3.07. The summed E-state index contributed by atoms with van der Waals surface area (Å²) in [5, 5.41) is 18.7. The second-order valence-electron chi connectivity index (χ2n) is 5.12. The number of hydrogen-bond donors (Lipinski definition) is 2. The molecule has 16 heavy (non-hydrogen) atoms. The molecule has 0 aromatic heterocycles. The van der Waals surface area contributed by atoms with E-state index in [1.807, 2.05) is 0 Å². The van der Waals surface area contributed by atoms with Gasteiger partial charge in [-0.05, 0) is 32.6 Å². The zero-order valence-electron chi connectivity index (χ0n) is 9.51. The van der Waals surface area contributed by atoms with Crippen molar-refractivity contribution in [3.8, 4) is 0 Å². The molecule has 2 unspecified atom stereocenters. The largest absolute Gasteiger partial charge is 0.481 e. The molecule has 1 aliphatic heterocycles. The van der Waals surface area contributed by atoms with Crippen molar-refractivity contribution < 1.29 is 23.4 Å². The van der Waals surface area contributed by atoms with Crippen LogP contribution in [0.5, 0.6) is 0 Å². The third kappa shape index (κ3) is 3.75. The molecule has 5 nitrogen and oxygen atoms in total. The maximum atomic E-state index is 11.3. The van der Waals surface area contributed by atoms with Crippen molar-refractivity contribution in [2.75, 3.05) is 11.5 Å². The van der Waals surface area contributed by atoms with Gasteiger partial charge in [-0.1, -0.05) is 0 Å². The highest BCUT2D eigenvalue weighted by Crippen LogP contribution is 2.31. The summed E-state index contributed by atoms with van der Waals surface area (Å²) in [6.45, 7) is 3.07. The van der Waals surface area contributed by atoms with E-state index in [4.69, 9.17) is 5.11 Å². The van der Waals surface area contributed by atoms with E-state index in [9.17, 15) is 18.3 Å². The van der Waals surface area contributed by atoms with Crippen LogP contribution in [0.25, 0.3) is 0 Å². The molecule has 0 aromatic rings. The summed E-state index contributed by atoms with van der Waals surface area (Å²) in [6, 6.07) is 0. The predicted octanol–water partition coefficient (Wildman–Crippen LogP) is 0.283. The molecule has 2 atom stereocenters. The van der Waals surface area contributed by atoms with Gasteiger partial charge in [-0.25, -0.2) is 8.42 Å². The molecule has 1 rings (SSSR count). The number of aliphatic carboxylic acids is 1. The minimum absolute atomic E-state index is 0.0628. The van der Waals surface area contributed by atoms with Crippen LogP contribution in [-0.4, -0.2) is 41.7 Å². The van der Waals surface area contributed by atoms with Crippen molar-refractivity contribution in [3.05, 3.63) is 0 Å². The van der Waals surface area contributed by atoms with Gasteiger partial charge in [0.1, 0.15) is 0 Å². The molecule has 6 heteroatoms. The molecule has 94 valence electrons. The molecule has 0 aromatic carbocycles.